The Morgan fingerprint density at radius 1 is 1.50 bits per heavy atom. The van der Waals surface area contributed by atoms with E-state index < -0.39 is 5.91 Å². The normalized spacial score (nSPS) is 10.5. The Kier molecular flexibility index (Phi) is 4.53. The molecule has 1 heterocycles. The van der Waals surface area contributed by atoms with Gasteiger partial charge in [0.25, 0.3) is 5.91 Å². The molecule has 0 bridgehead atoms. The third-order valence-corrected chi connectivity index (χ3v) is 3.52. The van der Waals surface area contributed by atoms with Crippen LogP contribution in [0.25, 0.3) is 0 Å². The number of hydrazine groups is 1. The first-order chi connectivity index (χ1) is 9.60. The maximum atomic E-state index is 12.9. The number of carbonyl (C=O) groups is 1. The van der Waals surface area contributed by atoms with Crippen LogP contribution < -0.4 is 17.0 Å². The molecule has 0 spiro atoms. The van der Waals surface area contributed by atoms with Crippen LogP contribution >= 0.6 is 11.8 Å². The number of hydrogen-bond acceptors (Lipinski definition) is 6. The third kappa shape index (κ3) is 3.45. The Hall–Kier alpha value is -2.13. The highest BCUT2D eigenvalue weighted by atomic mass is 32.2. The van der Waals surface area contributed by atoms with E-state index in [1.165, 1.54) is 34.8 Å². The minimum Gasteiger partial charge on any atom is -0.398 e. The minimum atomic E-state index is -0.494. The number of nitrogens with zero attached hydrogens (tertiary/aromatic N) is 3. The highest BCUT2D eigenvalue weighted by Crippen LogP contribution is 2.25. The van der Waals surface area contributed by atoms with Gasteiger partial charge < -0.3 is 5.73 Å². The van der Waals surface area contributed by atoms with Gasteiger partial charge in [-0.25, -0.2) is 10.2 Å². The van der Waals surface area contributed by atoms with Crippen LogP contribution in [0.1, 0.15) is 10.5 Å². The maximum Gasteiger partial charge on any atom is 0.287 e. The quantitative estimate of drug-likeness (QED) is 0.242. The van der Waals surface area contributed by atoms with Crippen LogP contribution in [-0.4, -0.2) is 26.7 Å². The zero-order chi connectivity index (χ0) is 14.5. The maximum absolute atomic E-state index is 12.9. The Bertz CT molecular complexity index is 617. The summed E-state index contributed by atoms with van der Waals surface area (Å²) in [6.45, 7) is 0.534. The summed E-state index contributed by atoms with van der Waals surface area (Å²) in [6.07, 6.45) is 1.50. The fourth-order valence-corrected chi connectivity index (χ4v) is 2.37. The number of nitrogens with one attached hydrogen (secondary N) is 1. The van der Waals surface area contributed by atoms with Crippen LogP contribution in [0.4, 0.5) is 10.1 Å². The van der Waals surface area contributed by atoms with Gasteiger partial charge in [0, 0.05) is 16.3 Å². The summed E-state index contributed by atoms with van der Waals surface area (Å²) in [6, 6.07) is 4.27. The molecular formula is C11H13FN6OS. The summed E-state index contributed by atoms with van der Waals surface area (Å²) in [7, 11) is 0. The van der Waals surface area contributed by atoms with Crippen molar-refractivity contribution in [2.24, 2.45) is 5.84 Å². The largest absolute Gasteiger partial charge is 0.398 e. The van der Waals surface area contributed by atoms with E-state index in [4.69, 9.17) is 11.6 Å². The van der Waals surface area contributed by atoms with Gasteiger partial charge in [0.2, 0.25) is 0 Å². The second-order valence-electron chi connectivity index (χ2n) is 3.87. The Morgan fingerprint density at radius 3 is 3.00 bits per heavy atom. The van der Waals surface area contributed by atoms with Crippen LogP contribution in [0.2, 0.25) is 0 Å². The molecule has 1 aromatic carbocycles. The molecule has 0 atom stereocenters. The van der Waals surface area contributed by atoms with Crippen LogP contribution in [-0.2, 0) is 6.54 Å². The van der Waals surface area contributed by atoms with Gasteiger partial charge in [0.1, 0.15) is 5.82 Å². The van der Waals surface area contributed by atoms with Crippen molar-refractivity contribution in [1.82, 2.24) is 20.4 Å². The predicted molar refractivity (Wildman–Crippen MR) is 73.2 cm³/mol. The highest BCUT2D eigenvalue weighted by molar-refractivity contribution is 7.99. The molecule has 0 fully saturated rings. The summed E-state index contributed by atoms with van der Waals surface area (Å²) in [5, 5.41) is 7.48. The van der Waals surface area contributed by atoms with Crippen molar-refractivity contribution < 1.29 is 9.18 Å². The van der Waals surface area contributed by atoms with E-state index in [2.05, 4.69) is 10.3 Å². The predicted octanol–water partition coefficient (Wildman–Crippen LogP) is 0.395. The number of hydrogen-bond donors (Lipinski definition) is 3. The standard InChI is InChI=1S/C11H13FN6OS/c12-7-1-2-10(8(13)5-7)20-4-3-18-6-9(16-17-18)11(19)15-14/h1-2,5-6H,3-4,13-14H2,(H,15,19). The van der Waals surface area contributed by atoms with Crippen molar-refractivity contribution >= 4 is 23.4 Å². The molecule has 2 aromatic rings. The van der Waals surface area contributed by atoms with E-state index in [-0.39, 0.29) is 11.5 Å². The average molecular weight is 296 g/mol. The number of carbonyl (C=O) groups excluding carboxylic acids is 1. The molecule has 20 heavy (non-hydrogen) atoms. The lowest BCUT2D eigenvalue weighted by Crippen LogP contribution is -2.30. The van der Waals surface area contributed by atoms with Crippen LogP contribution in [0.3, 0.4) is 0 Å². The molecule has 0 radical (unpaired) electrons. The monoisotopic (exact) mass is 296 g/mol. The Labute approximate surface area is 118 Å². The Morgan fingerprint density at radius 2 is 2.30 bits per heavy atom. The van der Waals surface area contributed by atoms with Gasteiger partial charge in [-0.15, -0.1) is 16.9 Å². The number of aromatic nitrogens is 3. The second-order valence-corrected chi connectivity index (χ2v) is 5.01. The zero-order valence-electron chi connectivity index (χ0n) is 10.4. The molecule has 5 N–H and O–H groups in total. The number of aryl methyl sites for hydroxylation is 1. The van der Waals surface area contributed by atoms with Crippen molar-refractivity contribution in [2.75, 3.05) is 11.5 Å². The van der Waals surface area contributed by atoms with E-state index in [0.29, 0.717) is 18.0 Å². The third-order valence-electron chi connectivity index (χ3n) is 2.45. The van der Waals surface area contributed by atoms with Crippen molar-refractivity contribution in [3.05, 3.63) is 35.9 Å². The number of anilines is 1. The lowest BCUT2D eigenvalue weighted by atomic mass is 10.3. The SMILES string of the molecule is NNC(=O)c1cn(CCSc2ccc(F)cc2N)nn1. The molecule has 0 aliphatic heterocycles. The molecule has 0 unspecified atom stereocenters. The number of halogens is 1. The smallest absolute Gasteiger partial charge is 0.287 e. The molecule has 1 amide bonds. The topological polar surface area (TPSA) is 112 Å². The molecule has 7 nitrogen and oxygen atoms in total. The average Bonchev–Trinajstić information content (AvgIpc) is 2.89. The van der Waals surface area contributed by atoms with Crippen molar-refractivity contribution in [2.45, 2.75) is 11.4 Å². The van der Waals surface area contributed by atoms with Gasteiger partial charge in [-0.05, 0) is 18.2 Å². The molecule has 0 saturated carbocycles. The van der Waals surface area contributed by atoms with Crippen molar-refractivity contribution in [3.63, 3.8) is 0 Å². The number of nitrogen functional groups attached to an aromatic ring is 2. The van der Waals surface area contributed by atoms with Gasteiger partial charge in [0.05, 0.1) is 12.7 Å². The van der Waals surface area contributed by atoms with Crippen LogP contribution in [0, 0.1) is 5.82 Å². The Balaban J connectivity index is 1.89. The van der Waals surface area contributed by atoms with Gasteiger partial charge in [-0.2, -0.15) is 0 Å². The number of thioether (sulfide) groups is 1. The summed E-state index contributed by atoms with van der Waals surface area (Å²) in [5.74, 6) is 4.79. The fraction of sp³-hybridized carbons (Fsp3) is 0.182. The first-order valence-corrected chi connectivity index (χ1v) is 6.67. The molecule has 0 aliphatic carbocycles. The van der Waals surface area contributed by atoms with Crippen LogP contribution in [0.15, 0.2) is 29.3 Å². The van der Waals surface area contributed by atoms with E-state index >= 15 is 0 Å². The van der Waals surface area contributed by atoms with E-state index in [1.807, 2.05) is 5.43 Å². The first-order valence-electron chi connectivity index (χ1n) is 5.69. The molecule has 2 rings (SSSR count). The zero-order valence-corrected chi connectivity index (χ0v) is 11.2. The van der Waals surface area contributed by atoms with E-state index in [0.717, 1.165) is 4.90 Å². The minimum absolute atomic E-state index is 0.152. The van der Waals surface area contributed by atoms with Gasteiger partial charge in [0.15, 0.2) is 5.69 Å². The van der Waals surface area contributed by atoms with Gasteiger partial charge in [-0.3, -0.25) is 14.9 Å². The lowest BCUT2D eigenvalue weighted by Gasteiger charge is -2.05. The fourth-order valence-electron chi connectivity index (χ4n) is 1.49. The van der Waals surface area contributed by atoms with Crippen molar-refractivity contribution in [3.8, 4) is 0 Å². The number of amides is 1. The number of nitrogens with two attached hydrogens (primary N) is 2. The highest BCUT2D eigenvalue weighted by Gasteiger charge is 2.09. The van der Waals surface area contributed by atoms with Crippen LogP contribution in [0.5, 0.6) is 0 Å². The molecule has 0 saturated heterocycles. The summed E-state index contributed by atoms with van der Waals surface area (Å²) < 4.78 is 14.4. The van der Waals surface area contributed by atoms with Crippen molar-refractivity contribution in [1.29, 1.82) is 0 Å². The molecule has 106 valence electrons. The summed E-state index contributed by atoms with van der Waals surface area (Å²) in [5.41, 5.74) is 8.23. The molecule has 0 aliphatic rings. The van der Waals surface area contributed by atoms with E-state index in [9.17, 15) is 9.18 Å². The molecule has 1 aromatic heterocycles. The molecular weight excluding hydrogens is 283 g/mol. The number of benzene rings is 1. The lowest BCUT2D eigenvalue weighted by molar-refractivity contribution is 0.0948. The van der Waals surface area contributed by atoms with Gasteiger partial charge >= 0.3 is 0 Å². The number of rotatable bonds is 5. The summed E-state index contributed by atoms with van der Waals surface area (Å²) >= 11 is 1.47. The van der Waals surface area contributed by atoms with Gasteiger partial charge in [-0.1, -0.05) is 5.21 Å². The van der Waals surface area contributed by atoms with E-state index in [1.54, 1.807) is 6.07 Å². The first kappa shape index (κ1) is 14.3. The second kappa shape index (κ2) is 6.35. The summed E-state index contributed by atoms with van der Waals surface area (Å²) in [4.78, 5) is 12.0. The molecule has 9 heteroatoms.